The number of anilines is 2. The topological polar surface area (TPSA) is 129 Å². The van der Waals surface area contributed by atoms with Crippen LogP contribution in [0.3, 0.4) is 0 Å². The van der Waals surface area contributed by atoms with Crippen molar-refractivity contribution in [1.29, 1.82) is 0 Å². The molecular formula is C24H22N4O6S. The summed E-state index contributed by atoms with van der Waals surface area (Å²) in [6.07, 6.45) is 1.54. The van der Waals surface area contributed by atoms with Gasteiger partial charge < -0.3 is 28.9 Å². The number of benzene rings is 2. The molecule has 0 radical (unpaired) electrons. The highest BCUT2D eigenvalue weighted by atomic mass is 32.2. The van der Waals surface area contributed by atoms with Gasteiger partial charge in [0.15, 0.2) is 0 Å². The smallest absolute Gasteiger partial charge is 0.277 e. The highest BCUT2D eigenvalue weighted by molar-refractivity contribution is 7.99. The summed E-state index contributed by atoms with van der Waals surface area (Å²) in [4.78, 5) is 25.1. The van der Waals surface area contributed by atoms with E-state index in [-0.39, 0.29) is 22.8 Å². The van der Waals surface area contributed by atoms with Gasteiger partial charge in [0.05, 0.1) is 43.2 Å². The van der Waals surface area contributed by atoms with Crippen molar-refractivity contribution in [3.8, 4) is 23.0 Å². The molecule has 0 bridgehead atoms. The largest absolute Gasteiger partial charge is 0.494 e. The van der Waals surface area contributed by atoms with Crippen molar-refractivity contribution in [1.82, 2.24) is 10.2 Å². The number of methoxy groups -OCH3 is 2. The van der Waals surface area contributed by atoms with Crippen molar-refractivity contribution in [3.63, 3.8) is 0 Å². The lowest BCUT2D eigenvalue weighted by molar-refractivity contribution is -0.113. The molecule has 11 heteroatoms. The summed E-state index contributed by atoms with van der Waals surface area (Å²) in [5.74, 6) is 1.08. The Morgan fingerprint density at radius 1 is 0.971 bits per heavy atom. The molecule has 180 valence electrons. The van der Waals surface area contributed by atoms with Crippen molar-refractivity contribution in [2.24, 2.45) is 0 Å². The molecule has 0 spiro atoms. The Morgan fingerprint density at radius 3 is 2.29 bits per heavy atom. The number of carbonyl (C=O) groups excluding carboxylic acids is 2. The molecule has 0 aliphatic rings. The van der Waals surface area contributed by atoms with Gasteiger partial charge in [-0.15, -0.1) is 10.2 Å². The second-order valence-corrected chi connectivity index (χ2v) is 8.10. The Labute approximate surface area is 205 Å². The fourth-order valence-electron chi connectivity index (χ4n) is 3.17. The van der Waals surface area contributed by atoms with Crippen molar-refractivity contribution < 1.29 is 27.9 Å². The normalized spacial score (nSPS) is 10.6. The number of nitrogens with one attached hydrogen (secondary N) is 2. The van der Waals surface area contributed by atoms with Crippen LogP contribution in [0.5, 0.6) is 11.5 Å². The molecule has 0 atom stereocenters. The van der Waals surface area contributed by atoms with Crippen LogP contribution in [0.25, 0.3) is 11.5 Å². The monoisotopic (exact) mass is 494 g/mol. The van der Waals surface area contributed by atoms with Gasteiger partial charge in [0, 0.05) is 17.7 Å². The van der Waals surface area contributed by atoms with Crippen LogP contribution in [0.4, 0.5) is 11.4 Å². The van der Waals surface area contributed by atoms with Crippen LogP contribution in [0.2, 0.25) is 0 Å². The lowest BCUT2D eigenvalue weighted by Crippen LogP contribution is -2.16. The highest BCUT2D eigenvalue weighted by Crippen LogP contribution is 2.37. The van der Waals surface area contributed by atoms with E-state index in [1.807, 2.05) is 6.07 Å². The molecule has 2 heterocycles. The second-order valence-electron chi connectivity index (χ2n) is 7.17. The van der Waals surface area contributed by atoms with Crippen molar-refractivity contribution in [2.75, 3.05) is 30.6 Å². The molecule has 0 saturated carbocycles. The average molecular weight is 495 g/mol. The molecule has 10 nitrogen and oxygen atoms in total. The molecule has 0 saturated heterocycles. The van der Waals surface area contributed by atoms with Crippen LogP contribution < -0.4 is 20.1 Å². The molecular weight excluding hydrogens is 472 g/mol. The Morgan fingerprint density at radius 2 is 1.66 bits per heavy atom. The minimum Gasteiger partial charge on any atom is -0.494 e. The average Bonchev–Trinajstić information content (AvgIpc) is 3.52. The number of hydrogen-bond donors (Lipinski definition) is 2. The summed E-state index contributed by atoms with van der Waals surface area (Å²) >= 11 is 1.09. The van der Waals surface area contributed by atoms with Crippen LogP contribution in [0.15, 0.2) is 68.9 Å². The molecule has 0 fully saturated rings. The zero-order chi connectivity index (χ0) is 24.8. The highest BCUT2D eigenvalue weighted by Gasteiger charge is 2.18. The number of carbonyl (C=O) groups is 2. The SMILES string of the molecule is COc1cc(NC(=O)c2ccccc2)c(OC)cc1NC(=O)CSc1nnc(-c2ccoc2C)o1. The molecule has 2 amide bonds. The van der Waals surface area contributed by atoms with Gasteiger partial charge in [0.1, 0.15) is 17.3 Å². The molecule has 2 aromatic carbocycles. The Kier molecular flexibility index (Phi) is 7.36. The van der Waals surface area contributed by atoms with E-state index < -0.39 is 0 Å². The lowest BCUT2D eigenvalue weighted by atomic mass is 10.2. The van der Waals surface area contributed by atoms with Gasteiger partial charge >= 0.3 is 0 Å². The Hall–Kier alpha value is -4.25. The first-order valence-electron chi connectivity index (χ1n) is 10.4. The third-order valence-electron chi connectivity index (χ3n) is 4.90. The van der Waals surface area contributed by atoms with Crippen molar-refractivity contribution in [3.05, 3.63) is 66.1 Å². The van der Waals surface area contributed by atoms with E-state index in [2.05, 4.69) is 20.8 Å². The molecule has 2 aromatic heterocycles. The number of aryl methyl sites for hydroxylation is 1. The fourth-order valence-corrected chi connectivity index (χ4v) is 3.74. The van der Waals surface area contributed by atoms with Crippen LogP contribution in [0.1, 0.15) is 16.1 Å². The van der Waals surface area contributed by atoms with E-state index in [0.717, 1.165) is 11.8 Å². The molecule has 2 N–H and O–H groups in total. The maximum absolute atomic E-state index is 12.6. The Bertz CT molecular complexity index is 1340. The minimum absolute atomic E-state index is 0.0178. The molecule has 0 unspecified atom stereocenters. The molecule has 0 aliphatic heterocycles. The van der Waals surface area contributed by atoms with Gasteiger partial charge in [-0.3, -0.25) is 9.59 Å². The van der Waals surface area contributed by atoms with Crippen molar-refractivity contribution in [2.45, 2.75) is 12.1 Å². The molecule has 35 heavy (non-hydrogen) atoms. The van der Waals surface area contributed by atoms with Gasteiger partial charge in [-0.05, 0) is 25.1 Å². The van der Waals surface area contributed by atoms with E-state index in [1.54, 1.807) is 49.4 Å². The number of amides is 2. The molecule has 4 aromatic rings. The van der Waals surface area contributed by atoms with Crippen LogP contribution in [-0.2, 0) is 4.79 Å². The maximum Gasteiger partial charge on any atom is 0.277 e. The number of rotatable bonds is 9. The first-order chi connectivity index (χ1) is 17.0. The van der Waals surface area contributed by atoms with Gasteiger partial charge in [0.25, 0.3) is 17.0 Å². The number of thioether (sulfide) groups is 1. The van der Waals surface area contributed by atoms with Gasteiger partial charge in [-0.1, -0.05) is 30.0 Å². The van der Waals surface area contributed by atoms with E-state index in [1.165, 1.54) is 20.5 Å². The number of nitrogens with zero attached hydrogens (tertiary/aromatic N) is 2. The summed E-state index contributed by atoms with van der Waals surface area (Å²) in [6.45, 7) is 1.79. The standard InChI is InChI=1S/C24H22N4O6S/c1-14-16(9-10-33-14)23-27-28-24(34-23)35-13-21(29)25-17-11-20(32-3)18(12-19(17)31-2)26-22(30)15-7-5-4-6-8-15/h4-12H,13H2,1-3H3,(H,25,29)(H,26,30). The summed E-state index contributed by atoms with van der Waals surface area (Å²) in [5.41, 5.74) is 1.98. The summed E-state index contributed by atoms with van der Waals surface area (Å²) < 4.78 is 21.7. The summed E-state index contributed by atoms with van der Waals surface area (Å²) in [7, 11) is 2.93. The van der Waals surface area contributed by atoms with Gasteiger partial charge in [0.2, 0.25) is 5.91 Å². The minimum atomic E-state index is -0.323. The van der Waals surface area contributed by atoms with Crippen LogP contribution >= 0.6 is 11.8 Å². The predicted molar refractivity (Wildman–Crippen MR) is 130 cm³/mol. The second kappa shape index (κ2) is 10.8. The lowest BCUT2D eigenvalue weighted by Gasteiger charge is -2.16. The maximum atomic E-state index is 12.6. The van der Waals surface area contributed by atoms with Crippen LogP contribution in [-0.4, -0.2) is 42.0 Å². The van der Waals surface area contributed by atoms with E-state index in [0.29, 0.717) is 45.7 Å². The Balaban J connectivity index is 1.43. The van der Waals surface area contributed by atoms with E-state index >= 15 is 0 Å². The predicted octanol–water partition coefficient (Wildman–Crippen LogP) is 4.64. The molecule has 0 aliphatic carbocycles. The zero-order valence-electron chi connectivity index (χ0n) is 19.2. The quantitative estimate of drug-likeness (QED) is 0.320. The summed E-state index contributed by atoms with van der Waals surface area (Å²) in [6, 6.07) is 13.7. The summed E-state index contributed by atoms with van der Waals surface area (Å²) in [5, 5.41) is 13.8. The van der Waals surface area contributed by atoms with Crippen LogP contribution in [0, 0.1) is 6.92 Å². The third-order valence-corrected chi connectivity index (χ3v) is 5.72. The first kappa shape index (κ1) is 23.9. The number of aromatic nitrogens is 2. The molecule has 4 rings (SSSR count). The zero-order valence-corrected chi connectivity index (χ0v) is 20.0. The van der Waals surface area contributed by atoms with Gasteiger partial charge in [-0.25, -0.2) is 0 Å². The van der Waals surface area contributed by atoms with Crippen molar-refractivity contribution >= 4 is 35.0 Å². The fraction of sp³-hybridized carbons (Fsp3) is 0.167. The number of furan rings is 1. The van der Waals surface area contributed by atoms with E-state index in [9.17, 15) is 9.59 Å². The number of ether oxygens (including phenoxy) is 2. The number of hydrogen-bond acceptors (Lipinski definition) is 9. The van der Waals surface area contributed by atoms with Gasteiger partial charge in [-0.2, -0.15) is 0 Å². The third kappa shape index (κ3) is 5.64. The first-order valence-corrected chi connectivity index (χ1v) is 11.4. The van der Waals surface area contributed by atoms with E-state index in [4.69, 9.17) is 18.3 Å².